The molecule has 0 bridgehead atoms. The fourth-order valence-corrected chi connectivity index (χ4v) is 3.20. The lowest BCUT2D eigenvalue weighted by atomic mass is 10.2. The molecule has 28 heavy (non-hydrogen) atoms. The number of carbonyl (C=O) groups is 2. The highest BCUT2D eigenvalue weighted by Gasteiger charge is 2.08. The second-order valence-corrected chi connectivity index (χ2v) is 7.04. The van der Waals surface area contributed by atoms with Gasteiger partial charge in [-0.2, -0.15) is 0 Å². The van der Waals surface area contributed by atoms with Gasteiger partial charge in [-0.1, -0.05) is 18.2 Å². The molecular weight excluding hydrogens is 377 g/mol. The number of ether oxygens (including phenoxy) is 1. The number of thioether (sulfide) groups is 1. The van der Waals surface area contributed by atoms with Crippen molar-refractivity contribution in [2.75, 3.05) is 11.1 Å². The molecule has 0 heterocycles. The molecule has 3 aromatic carbocycles. The smallest absolute Gasteiger partial charge is 0.312 e. The van der Waals surface area contributed by atoms with Gasteiger partial charge in [0.15, 0.2) is 0 Å². The number of carbonyl (C=O) groups excluding carboxylic acids is 2. The average molecular weight is 395 g/mol. The van der Waals surface area contributed by atoms with Gasteiger partial charge in [-0.3, -0.25) is 9.59 Å². The first-order valence-corrected chi connectivity index (χ1v) is 9.64. The number of hydrogen-bond donors (Lipinski definition) is 1. The first-order valence-electron chi connectivity index (χ1n) is 8.66. The molecule has 0 radical (unpaired) electrons. The Bertz CT molecular complexity index is 928. The van der Waals surface area contributed by atoms with E-state index in [1.54, 1.807) is 60.7 Å². The summed E-state index contributed by atoms with van der Waals surface area (Å²) in [6, 6.07) is 21.6. The molecular formula is C22H18FNO3S. The zero-order valence-corrected chi connectivity index (χ0v) is 15.7. The number of benzene rings is 3. The molecule has 0 spiro atoms. The van der Waals surface area contributed by atoms with Gasteiger partial charge < -0.3 is 10.1 Å². The van der Waals surface area contributed by atoms with E-state index in [1.165, 1.54) is 23.9 Å². The van der Waals surface area contributed by atoms with Crippen LogP contribution in [0.5, 0.6) is 5.75 Å². The zero-order chi connectivity index (χ0) is 19.8. The zero-order valence-electron chi connectivity index (χ0n) is 14.9. The van der Waals surface area contributed by atoms with E-state index in [1.807, 2.05) is 6.07 Å². The largest absolute Gasteiger partial charge is 0.427 e. The predicted molar refractivity (Wildman–Crippen MR) is 108 cm³/mol. The third-order valence-electron chi connectivity index (χ3n) is 3.77. The van der Waals surface area contributed by atoms with Crippen LogP contribution in [0.1, 0.15) is 16.8 Å². The van der Waals surface area contributed by atoms with Crippen molar-refractivity contribution in [1.29, 1.82) is 0 Å². The normalized spacial score (nSPS) is 10.3. The van der Waals surface area contributed by atoms with E-state index >= 15 is 0 Å². The van der Waals surface area contributed by atoms with Crippen molar-refractivity contribution in [3.63, 3.8) is 0 Å². The Morgan fingerprint density at radius 3 is 2.25 bits per heavy atom. The number of rotatable bonds is 7. The molecule has 1 N–H and O–H groups in total. The summed E-state index contributed by atoms with van der Waals surface area (Å²) in [7, 11) is 0. The van der Waals surface area contributed by atoms with Crippen LogP contribution in [0.15, 0.2) is 83.8 Å². The van der Waals surface area contributed by atoms with Crippen LogP contribution in [-0.4, -0.2) is 17.6 Å². The highest BCUT2D eigenvalue weighted by molar-refractivity contribution is 7.99. The van der Waals surface area contributed by atoms with Crippen molar-refractivity contribution in [2.24, 2.45) is 0 Å². The van der Waals surface area contributed by atoms with E-state index in [9.17, 15) is 14.0 Å². The lowest BCUT2D eigenvalue weighted by Gasteiger charge is -2.07. The lowest BCUT2D eigenvalue weighted by Crippen LogP contribution is -2.12. The Labute approximate surface area is 166 Å². The van der Waals surface area contributed by atoms with Crippen LogP contribution in [-0.2, 0) is 4.79 Å². The highest BCUT2D eigenvalue weighted by Crippen LogP contribution is 2.20. The number of anilines is 1. The van der Waals surface area contributed by atoms with Gasteiger partial charge in [0.2, 0.25) is 0 Å². The minimum atomic E-state index is -0.351. The maximum Gasteiger partial charge on any atom is 0.312 e. The molecule has 142 valence electrons. The van der Waals surface area contributed by atoms with Crippen molar-refractivity contribution in [3.8, 4) is 5.75 Å². The topological polar surface area (TPSA) is 55.4 Å². The summed E-state index contributed by atoms with van der Waals surface area (Å²) in [4.78, 5) is 24.9. The first-order chi connectivity index (χ1) is 13.6. The van der Waals surface area contributed by atoms with Crippen LogP contribution in [0.4, 0.5) is 10.1 Å². The molecule has 0 saturated carbocycles. The molecule has 0 fully saturated rings. The van der Waals surface area contributed by atoms with E-state index < -0.39 is 0 Å². The fourth-order valence-electron chi connectivity index (χ4n) is 2.36. The molecule has 0 saturated heterocycles. The van der Waals surface area contributed by atoms with Crippen molar-refractivity contribution in [3.05, 3.63) is 90.2 Å². The van der Waals surface area contributed by atoms with Gasteiger partial charge in [0.05, 0.1) is 6.42 Å². The van der Waals surface area contributed by atoms with E-state index in [-0.39, 0.29) is 24.1 Å². The first kappa shape index (κ1) is 19.6. The van der Waals surface area contributed by atoms with E-state index in [4.69, 9.17) is 4.74 Å². The van der Waals surface area contributed by atoms with Crippen molar-refractivity contribution < 1.29 is 18.7 Å². The Hall–Kier alpha value is -3.12. The summed E-state index contributed by atoms with van der Waals surface area (Å²) < 4.78 is 18.1. The molecule has 0 atom stereocenters. The van der Waals surface area contributed by atoms with E-state index in [0.717, 1.165) is 4.90 Å². The maximum atomic E-state index is 12.9. The molecule has 3 aromatic rings. The minimum absolute atomic E-state index is 0.205. The van der Waals surface area contributed by atoms with Crippen molar-refractivity contribution in [2.45, 2.75) is 11.3 Å². The summed E-state index contributed by atoms with van der Waals surface area (Å²) in [6.45, 7) is 0. The van der Waals surface area contributed by atoms with Crippen LogP contribution in [0.2, 0.25) is 0 Å². The standard InChI is InChI=1S/C22H18FNO3S/c23-17-6-12-20(13-7-17)28-15-14-21(25)27-19-10-8-18(9-11-19)24-22(26)16-4-2-1-3-5-16/h1-13H,14-15H2,(H,24,26). The van der Waals surface area contributed by atoms with Gasteiger partial charge in [-0.25, -0.2) is 4.39 Å². The average Bonchev–Trinajstić information content (AvgIpc) is 2.71. The molecule has 1 amide bonds. The molecule has 0 aliphatic carbocycles. The predicted octanol–water partition coefficient (Wildman–Crippen LogP) is 5.17. The van der Waals surface area contributed by atoms with Gasteiger partial charge in [-0.05, 0) is 60.7 Å². The summed E-state index contributed by atoms with van der Waals surface area (Å²) in [5.74, 6) is 0.107. The van der Waals surface area contributed by atoms with Crippen molar-refractivity contribution in [1.82, 2.24) is 0 Å². The van der Waals surface area contributed by atoms with Gasteiger partial charge in [0, 0.05) is 21.9 Å². The van der Waals surface area contributed by atoms with E-state index in [2.05, 4.69) is 5.32 Å². The molecule has 4 nitrogen and oxygen atoms in total. The second-order valence-electron chi connectivity index (χ2n) is 5.87. The quantitative estimate of drug-likeness (QED) is 0.341. The molecule has 3 rings (SSSR count). The van der Waals surface area contributed by atoms with Gasteiger partial charge >= 0.3 is 5.97 Å². The molecule has 6 heteroatoms. The summed E-state index contributed by atoms with van der Waals surface area (Å²) in [5.41, 5.74) is 1.18. The minimum Gasteiger partial charge on any atom is -0.427 e. The SMILES string of the molecule is O=C(CCSc1ccc(F)cc1)Oc1ccc(NC(=O)c2ccccc2)cc1. The van der Waals surface area contributed by atoms with Crippen LogP contribution in [0, 0.1) is 5.82 Å². The highest BCUT2D eigenvalue weighted by atomic mass is 32.2. The molecule has 0 aliphatic rings. The fraction of sp³-hybridized carbons (Fsp3) is 0.0909. The monoisotopic (exact) mass is 395 g/mol. The van der Waals surface area contributed by atoms with E-state index in [0.29, 0.717) is 22.8 Å². The van der Waals surface area contributed by atoms with Crippen LogP contribution < -0.4 is 10.1 Å². The van der Waals surface area contributed by atoms with Crippen LogP contribution >= 0.6 is 11.8 Å². The van der Waals surface area contributed by atoms with Gasteiger partial charge in [-0.15, -0.1) is 11.8 Å². The number of esters is 1. The number of amides is 1. The Morgan fingerprint density at radius 2 is 1.57 bits per heavy atom. The number of hydrogen-bond acceptors (Lipinski definition) is 4. The third kappa shape index (κ3) is 5.96. The Balaban J connectivity index is 1.45. The van der Waals surface area contributed by atoms with Crippen LogP contribution in [0.3, 0.4) is 0 Å². The summed E-state index contributed by atoms with van der Waals surface area (Å²) >= 11 is 1.46. The molecule has 0 unspecified atom stereocenters. The lowest BCUT2D eigenvalue weighted by molar-refractivity contribution is -0.133. The molecule has 0 aromatic heterocycles. The third-order valence-corrected chi connectivity index (χ3v) is 4.78. The summed E-state index contributed by atoms with van der Waals surface area (Å²) in [6.07, 6.45) is 0.231. The Kier molecular flexibility index (Phi) is 6.81. The van der Waals surface area contributed by atoms with Crippen molar-refractivity contribution >= 4 is 29.3 Å². The van der Waals surface area contributed by atoms with Crippen LogP contribution in [0.25, 0.3) is 0 Å². The maximum absolute atomic E-state index is 12.9. The summed E-state index contributed by atoms with van der Waals surface area (Å²) in [5, 5.41) is 2.79. The number of halogens is 1. The van der Waals surface area contributed by atoms with Gasteiger partial charge in [0.25, 0.3) is 5.91 Å². The Morgan fingerprint density at radius 1 is 0.893 bits per heavy atom. The molecule has 0 aliphatic heterocycles. The second kappa shape index (κ2) is 9.71. The van der Waals surface area contributed by atoms with Gasteiger partial charge in [0.1, 0.15) is 11.6 Å². The number of nitrogens with one attached hydrogen (secondary N) is 1.